The van der Waals surface area contributed by atoms with Crippen molar-refractivity contribution in [1.82, 2.24) is 34.0 Å². The number of hydrogen-bond acceptors (Lipinski definition) is 7. The molecule has 5 rings (SSSR count). The monoisotopic (exact) mass is 410 g/mol. The number of nitrogens with one attached hydrogen (secondary N) is 1. The number of H-pyrrole nitrogens is 1. The van der Waals surface area contributed by atoms with Crippen molar-refractivity contribution in [3.63, 3.8) is 0 Å². The van der Waals surface area contributed by atoms with Crippen molar-refractivity contribution in [2.75, 3.05) is 31.1 Å². The van der Waals surface area contributed by atoms with Gasteiger partial charge in [-0.1, -0.05) is 0 Å². The molecular formula is C19H22N8O3. The van der Waals surface area contributed by atoms with Crippen LogP contribution in [0.2, 0.25) is 0 Å². The Labute approximate surface area is 171 Å². The number of rotatable bonds is 3. The Balaban J connectivity index is 1.34. The first-order valence-corrected chi connectivity index (χ1v) is 9.96. The molecule has 156 valence electrons. The lowest BCUT2D eigenvalue weighted by molar-refractivity contribution is 0.0779. The molecular weight excluding hydrogens is 388 g/mol. The Bertz CT molecular complexity index is 1240. The van der Waals surface area contributed by atoms with E-state index in [4.69, 9.17) is 0 Å². The first kappa shape index (κ1) is 18.5. The van der Waals surface area contributed by atoms with Crippen LogP contribution in [0.25, 0.3) is 11.2 Å². The quantitative estimate of drug-likeness (QED) is 0.614. The number of carbonyl (C=O) groups is 1. The van der Waals surface area contributed by atoms with Crippen molar-refractivity contribution in [3.8, 4) is 0 Å². The highest BCUT2D eigenvalue weighted by Crippen LogP contribution is 2.35. The minimum absolute atomic E-state index is 0.00320. The Morgan fingerprint density at radius 2 is 1.87 bits per heavy atom. The maximum absolute atomic E-state index is 12.9. The molecule has 1 amide bonds. The number of likely N-dealkylation sites (tertiary alicyclic amines) is 1. The van der Waals surface area contributed by atoms with Crippen LogP contribution in [0.15, 0.2) is 28.4 Å². The fraction of sp³-hybridized carbons (Fsp3) is 0.474. The molecule has 2 aliphatic heterocycles. The Kier molecular flexibility index (Phi) is 4.19. The molecule has 0 aliphatic carbocycles. The van der Waals surface area contributed by atoms with Crippen LogP contribution in [0.1, 0.15) is 17.3 Å². The molecule has 2 fully saturated rings. The number of amides is 1. The third-order valence-electron chi connectivity index (χ3n) is 6.21. The van der Waals surface area contributed by atoms with E-state index in [0.29, 0.717) is 24.9 Å². The summed E-state index contributed by atoms with van der Waals surface area (Å²) in [6, 6.07) is 0. The first-order chi connectivity index (χ1) is 14.5. The number of nitrogens with zero attached hydrogens (tertiary/aromatic N) is 7. The number of aromatic amines is 1. The van der Waals surface area contributed by atoms with Crippen molar-refractivity contribution in [1.29, 1.82) is 0 Å². The number of aryl methyl sites for hydroxylation is 1. The number of anilines is 1. The van der Waals surface area contributed by atoms with E-state index in [-0.39, 0.29) is 11.5 Å². The second-order valence-corrected chi connectivity index (χ2v) is 7.91. The van der Waals surface area contributed by atoms with Crippen molar-refractivity contribution >= 4 is 22.9 Å². The van der Waals surface area contributed by atoms with Gasteiger partial charge in [-0.3, -0.25) is 14.2 Å². The first-order valence-electron chi connectivity index (χ1n) is 9.96. The summed E-state index contributed by atoms with van der Waals surface area (Å²) in [5.41, 5.74) is 0.510. The van der Waals surface area contributed by atoms with Gasteiger partial charge in [0.15, 0.2) is 17.0 Å². The molecule has 3 aromatic rings. The summed E-state index contributed by atoms with van der Waals surface area (Å²) in [5, 5.41) is 0. The molecule has 0 radical (unpaired) electrons. The molecule has 3 aromatic heterocycles. The number of aromatic nitrogens is 6. The number of fused-ring (bicyclic) bond motifs is 2. The van der Waals surface area contributed by atoms with E-state index in [1.165, 1.54) is 13.2 Å². The smallest absolute Gasteiger partial charge is 0.328 e. The molecule has 2 atom stereocenters. The van der Waals surface area contributed by atoms with Crippen LogP contribution in [0.3, 0.4) is 0 Å². The Hall–Kier alpha value is -3.50. The van der Waals surface area contributed by atoms with Gasteiger partial charge in [0.2, 0.25) is 0 Å². The van der Waals surface area contributed by atoms with Gasteiger partial charge in [0.1, 0.15) is 11.9 Å². The zero-order chi connectivity index (χ0) is 21.0. The topological polar surface area (TPSA) is 122 Å². The lowest BCUT2D eigenvalue weighted by Crippen LogP contribution is -2.41. The largest absolute Gasteiger partial charge is 0.354 e. The molecule has 0 saturated carbocycles. The van der Waals surface area contributed by atoms with Gasteiger partial charge in [0.05, 0.1) is 6.33 Å². The van der Waals surface area contributed by atoms with Gasteiger partial charge in [0, 0.05) is 57.8 Å². The van der Waals surface area contributed by atoms with Gasteiger partial charge >= 0.3 is 5.69 Å². The molecule has 11 nitrogen and oxygen atoms in total. The van der Waals surface area contributed by atoms with Crippen molar-refractivity contribution in [3.05, 3.63) is 45.3 Å². The summed E-state index contributed by atoms with van der Waals surface area (Å²) in [7, 11) is 1.36. The van der Waals surface area contributed by atoms with Crippen LogP contribution >= 0.6 is 0 Å². The van der Waals surface area contributed by atoms with Gasteiger partial charge in [-0.05, 0) is 6.92 Å². The summed E-state index contributed by atoms with van der Waals surface area (Å²) in [6.07, 6.45) is 4.57. The van der Waals surface area contributed by atoms with Crippen LogP contribution in [0, 0.1) is 11.8 Å². The number of imidazole rings is 1. The van der Waals surface area contributed by atoms with Crippen LogP contribution in [0.5, 0.6) is 0 Å². The van der Waals surface area contributed by atoms with Crippen molar-refractivity contribution < 1.29 is 4.79 Å². The normalized spacial score (nSPS) is 20.9. The fourth-order valence-electron chi connectivity index (χ4n) is 4.55. The maximum atomic E-state index is 12.9. The lowest BCUT2D eigenvalue weighted by atomic mass is 10.0. The molecule has 30 heavy (non-hydrogen) atoms. The number of carbonyl (C=O) groups excluding carboxylic acids is 1. The molecule has 2 aliphatic rings. The zero-order valence-corrected chi connectivity index (χ0v) is 16.8. The third kappa shape index (κ3) is 2.72. The maximum Gasteiger partial charge on any atom is 0.328 e. The van der Waals surface area contributed by atoms with Crippen LogP contribution in [0.4, 0.5) is 5.82 Å². The van der Waals surface area contributed by atoms with Gasteiger partial charge in [-0.15, -0.1) is 0 Å². The van der Waals surface area contributed by atoms with Crippen molar-refractivity contribution in [2.24, 2.45) is 18.9 Å². The second kappa shape index (κ2) is 6.78. The molecule has 11 heteroatoms. The predicted octanol–water partition coefficient (Wildman–Crippen LogP) is -0.558. The van der Waals surface area contributed by atoms with E-state index in [1.54, 1.807) is 17.6 Å². The lowest BCUT2D eigenvalue weighted by Gasteiger charge is -2.22. The second-order valence-electron chi connectivity index (χ2n) is 7.91. The van der Waals surface area contributed by atoms with E-state index in [0.717, 1.165) is 41.2 Å². The molecule has 2 unspecified atom stereocenters. The highest BCUT2D eigenvalue weighted by Gasteiger charge is 2.43. The van der Waals surface area contributed by atoms with E-state index in [1.807, 2.05) is 11.5 Å². The molecule has 5 heterocycles. The molecule has 0 spiro atoms. The van der Waals surface area contributed by atoms with Crippen LogP contribution < -0.4 is 16.1 Å². The SMILES string of the molecule is CCn1cnc2c(N3CC4CN(C(=O)c5c[nH]c(=O)n(C)c5=O)CC4C3)ncnc21. The summed E-state index contributed by atoms with van der Waals surface area (Å²) in [6.45, 7) is 5.51. The van der Waals surface area contributed by atoms with E-state index in [2.05, 4.69) is 24.8 Å². The molecule has 1 N–H and O–H groups in total. The third-order valence-corrected chi connectivity index (χ3v) is 6.21. The van der Waals surface area contributed by atoms with Crippen molar-refractivity contribution in [2.45, 2.75) is 13.5 Å². The van der Waals surface area contributed by atoms with Crippen LogP contribution in [-0.2, 0) is 13.6 Å². The summed E-state index contributed by atoms with van der Waals surface area (Å²) in [5.74, 6) is 1.07. The van der Waals surface area contributed by atoms with Gasteiger partial charge in [0.25, 0.3) is 11.5 Å². The Morgan fingerprint density at radius 1 is 1.13 bits per heavy atom. The zero-order valence-electron chi connectivity index (χ0n) is 16.8. The highest BCUT2D eigenvalue weighted by molar-refractivity contribution is 5.93. The summed E-state index contributed by atoms with van der Waals surface area (Å²) >= 11 is 0. The minimum Gasteiger partial charge on any atom is -0.354 e. The van der Waals surface area contributed by atoms with E-state index >= 15 is 0 Å². The van der Waals surface area contributed by atoms with Gasteiger partial charge < -0.3 is 19.4 Å². The fourth-order valence-corrected chi connectivity index (χ4v) is 4.55. The van der Waals surface area contributed by atoms with E-state index < -0.39 is 11.2 Å². The average molecular weight is 410 g/mol. The highest BCUT2D eigenvalue weighted by atomic mass is 16.2. The molecule has 0 aromatic carbocycles. The van der Waals surface area contributed by atoms with Gasteiger partial charge in [-0.2, -0.15) is 0 Å². The average Bonchev–Trinajstić information content (AvgIpc) is 3.44. The summed E-state index contributed by atoms with van der Waals surface area (Å²) in [4.78, 5) is 56.4. The standard InChI is InChI=1S/C19H22N8O3/c1-3-25-10-23-14-15(25)21-9-22-16(14)26-5-11-7-27(8-12(11)6-26)18(29)13-4-20-19(30)24(2)17(13)28/h4,9-12H,3,5-8H2,1-2H3,(H,20,30). The summed E-state index contributed by atoms with van der Waals surface area (Å²) < 4.78 is 2.91. The van der Waals surface area contributed by atoms with Crippen LogP contribution in [-0.4, -0.2) is 66.1 Å². The van der Waals surface area contributed by atoms with E-state index in [9.17, 15) is 14.4 Å². The Morgan fingerprint density at radius 3 is 2.57 bits per heavy atom. The minimum atomic E-state index is -0.572. The molecule has 0 bridgehead atoms. The van der Waals surface area contributed by atoms with Gasteiger partial charge in [-0.25, -0.2) is 19.7 Å². The predicted molar refractivity (Wildman–Crippen MR) is 108 cm³/mol. The number of hydrogen-bond donors (Lipinski definition) is 1. The molecule has 2 saturated heterocycles.